The number of hydrogen-bond acceptors (Lipinski definition) is 5. The molecule has 0 aromatic rings. The molecule has 0 bridgehead atoms. The molecular formula is C14H24N2O5. The summed E-state index contributed by atoms with van der Waals surface area (Å²) in [6.07, 6.45) is 1.75. The Labute approximate surface area is 124 Å². The number of esters is 1. The predicted octanol–water partition coefficient (Wildman–Crippen LogP) is 1.52. The summed E-state index contributed by atoms with van der Waals surface area (Å²) in [4.78, 5) is 34.7. The minimum atomic E-state index is -0.695. The molecule has 7 heteroatoms. The van der Waals surface area contributed by atoms with Crippen molar-refractivity contribution in [3.63, 3.8) is 0 Å². The molecule has 0 aromatic heterocycles. The van der Waals surface area contributed by atoms with Crippen molar-refractivity contribution in [3.8, 4) is 0 Å². The van der Waals surface area contributed by atoms with E-state index in [4.69, 9.17) is 9.47 Å². The quantitative estimate of drug-likeness (QED) is 0.595. The van der Waals surface area contributed by atoms with Crippen molar-refractivity contribution in [2.75, 3.05) is 7.11 Å². The zero-order chi connectivity index (χ0) is 16.0. The van der Waals surface area contributed by atoms with Gasteiger partial charge in [-0.25, -0.2) is 10.2 Å². The zero-order valence-corrected chi connectivity index (χ0v) is 13.0. The largest absolute Gasteiger partial charge is 0.469 e. The molecule has 0 saturated heterocycles. The molecule has 0 spiro atoms. The van der Waals surface area contributed by atoms with Crippen LogP contribution in [-0.4, -0.2) is 30.7 Å². The second-order valence-corrected chi connectivity index (χ2v) is 6.19. The van der Waals surface area contributed by atoms with Crippen LogP contribution >= 0.6 is 0 Å². The van der Waals surface area contributed by atoms with Crippen LogP contribution in [0.1, 0.15) is 46.5 Å². The van der Waals surface area contributed by atoms with Crippen LogP contribution in [0.4, 0.5) is 4.79 Å². The highest BCUT2D eigenvalue weighted by atomic mass is 16.6. The lowest BCUT2D eigenvalue weighted by Gasteiger charge is -2.26. The van der Waals surface area contributed by atoms with Crippen molar-refractivity contribution >= 4 is 18.0 Å². The number of methoxy groups -OCH3 is 1. The standard InChI is InChI=1S/C14H24N2O5/c1-14(2,3)21-13(19)16-15-11(17)9-5-7-10(8-6-9)12(18)20-4/h9-10H,5-8H2,1-4H3,(H,15,17)(H,16,19)/t9-,10-. The van der Waals surface area contributed by atoms with Crippen molar-refractivity contribution in [3.05, 3.63) is 0 Å². The fraction of sp³-hybridized carbons (Fsp3) is 0.786. The fourth-order valence-electron chi connectivity index (χ4n) is 2.28. The normalized spacial score (nSPS) is 22.1. The van der Waals surface area contributed by atoms with E-state index < -0.39 is 11.7 Å². The van der Waals surface area contributed by atoms with Crippen molar-refractivity contribution in [1.82, 2.24) is 10.9 Å². The van der Waals surface area contributed by atoms with Crippen molar-refractivity contribution < 1.29 is 23.9 Å². The molecule has 2 amide bonds. The van der Waals surface area contributed by atoms with Crippen molar-refractivity contribution in [1.29, 1.82) is 0 Å². The molecule has 0 unspecified atom stereocenters. The first-order valence-electron chi connectivity index (χ1n) is 7.09. The van der Waals surface area contributed by atoms with E-state index in [2.05, 4.69) is 10.9 Å². The van der Waals surface area contributed by atoms with Gasteiger partial charge < -0.3 is 9.47 Å². The first kappa shape index (κ1) is 17.3. The van der Waals surface area contributed by atoms with Gasteiger partial charge in [0.15, 0.2) is 0 Å². The van der Waals surface area contributed by atoms with Crippen LogP contribution in [0.2, 0.25) is 0 Å². The van der Waals surface area contributed by atoms with Gasteiger partial charge in [-0.05, 0) is 46.5 Å². The number of carbonyl (C=O) groups excluding carboxylic acids is 3. The molecule has 1 aliphatic rings. The average molecular weight is 300 g/mol. The Hall–Kier alpha value is -1.79. The Morgan fingerprint density at radius 1 is 0.952 bits per heavy atom. The van der Waals surface area contributed by atoms with E-state index in [1.807, 2.05) is 0 Å². The third kappa shape index (κ3) is 6.01. The summed E-state index contributed by atoms with van der Waals surface area (Å²) >= 11 is 0. The molecule has 0 radical (unpaired) electrons. The van der Waals surface area contributed by atoms with E-state index in [0.29, 0.717) is 25.7 Å². The SMILES string of the molecule is COC(=O)[C@H]1CC[C@H](C(=O)NNC(=O)OC(C)(C)C)CC1. The van der Waals surface area contributed by atoms with Crippen LogP contribution in [0.15, 0.2) is 0 Å². The van der Waals surface area contributed by atoms with E-state index >= 15 is 0 Å². The molecule has 0 aromatic carbocycles. The van der Waals surface area contributed by atoms with Crippen molar-refractivity contribution in [2.24, 2.45) is 11.8 Å². The monoisotopic (exact) mass is 300 g/mol. The van der Waals surface area contributed by atoms with Gasteiger partial charge in [0, 0.05) is 5.92 Å². The Bertz CT molecular complexity index is 395. The molecule has 1 fully saturated rings. The molecule has 2 N–H and O–H groups in total. The third-order valence-electron chi connectivity index (χ3n) is 3.32. The molecule has 7 nitrogen and oxygen atoms in total. The van der Waals surface area contributed by atoms with Crippen LogP contribution < -0.4 is 10.9 Å². The van der Waals surface area contributed by atoms with Gasteiger partial charge in [0.2, 0.25) is 5.91 Å². The maximum atomic E-state index is 11.9. The van der Waals surface area contributed by atoms with Crippen LogP contribution in [-0.2, 0) is 19.1 Å². The molecular weight excluding hydrogens is 276 g/mol. The van der Waals surface area contributed by atoms with Crippen LogP contribution in [0.3, 0.4) is 0 Å². The number of rotatable bonds is 2. The van der Waals surface area contributed by atoms with Gasteiger partial charge in [0.25, 0.3) is 0 Å². The summed E-state index contributed by atoms with van der Waals surface area (Å²) in [5.41, 5.74) is 3.96. The summed E-state index contributed by atoms with van der Waals surface area (Å²) in [7, 11) is 1.37. The number of carbonyl (C=O) groups is 3. The summed E-state index contributed by atoms with van der Waals surface area (Å²) in [5, 5.41) is 0. The number of ether oxygens (including phenoxy) is 2. The average Bonchev–Trinajstić information content (AvgIpc) is 2.42. The van der Waals surface area contributed by atoms with E-state index in [9.17, 15) is 14.4 Å². The molecule has 120 valence electrons. The zero-order valence-electron chi connectivity index (χ0n) is 13.0. The first-order chi connectivity index (χ1) is 9.73. The van der Waals surface area contributed by atoms with E-state index in [1.54, 1.807) is 20.8 Å². The highest BCUT2D eigenvalue weighted by Crippen LogP contribution is 2.29. The minimum Gasteiger partial charge on any atom is -0.469 e. The molecule has 0 heterocycles. The Morgan fingerprint density at radius 3 is 1.95 bits per heavy atom. The van der Waals surface area contributed by atoms with Gasteiger partial charge in [0.1, 0.15) is 5.60 Å². The molecule has 1 saturated carbocycles. The van der Waals surface area contributed by atoms with Crippen LogP contribution in [0, 0.1) is 11.8 Å². The lowest BCUT2D eigenvalue weighted by molar-refractivity contribution is -0.147. The maximum absolute atomic E-state index is 11.9. The topological polar surface area (TPSA) is 93.7 Å². The van der Waals surface area contributed by atoms with Gasteiger partial charge in [-0.3, -0.25) is 15.0 Å². The number of nitrogens with one attached hydrogen (secondary N) is 2. The Morgan fingerprint density at radius 2 is 1.48 bits per heavy atom. The molecule has 21 heavy (non-hydrogen) atoms. The lowest BCUT2D eigenvalue weighted by Crippen LogP contribution is -2.47. The van der Waals surface area contributed by atoms with Gasteiger partial charge in [-0.15, -0.1) is 0 Å². The molecule has 0 atom stereocenters. The highest BCUT2D eigenvalue weighted by molar-refractivity contribution is 5.81. The van der Waals surface area contributed by atoms with Crippen molar-refractivity contribution in [2.45, 2.75) is 52.1 Å². The van der Waals surface area contributed by atoms with E-state index in [1.165, 1.54) is 7.11 Å². The van der Waals surface area contributed by atoms with Gasteiger partial charge >= 0.3 is 12.1 Å². The third-order valence-corrected chi connectivity index (χ3v) is 3.32. The van der Waals surface area contributed by atoms with Crippen LogP contribution in [0.5, 0.6) is 0 Å². The second kappa shape index (κ2) is 7.28. The van der Waals surface area contributed by atoms with Gasteiger partial charge in [0.05, 0.1) is 13.0 Å². The summed E-state index contributed by atoms with van der Waals surface area (Å²) < 4.78 is 9.71. The predicted molar refractivity (Wildman–Crippen MR) is 75.0 cm³/mol. The van der Waals surface area contributed by atoms with Crippen LogP contribution in [0.25, 0.3) is 0 Å². The van der Waals surface area contributed by atoms with Gasteiger partial charge in [-0.2, -0.15) is 0 Å². The molecule has 1 rings (SSSR count). The number of hydrazine groups is 1. The Balaban J connectivity index is 2.31. The number of hydrogen-bond donors (Lipinski definition) is 2. The highest BCUT2D eigenvalue weighted by Gasteiger charge is 2.30. The molecule has 1 aliphatic carbocycles. The van der Waals surface area contributed by atoms with E-state index in [-0.39, 0.29) is 23.7 Å². The van der Waals surface area contributed by atoms with E-state index in [0.717, 1.165) is 0 Å². The number of amides is 2. The summed E-state index contributed by atoms with van der Waals surface area (Å²) in [6, 6.07) is 0. The van der Waals surface area contributed by atoms with Gasteiger partial charge in [-0.1, -0.05) is 0 Å². The first-order valence-corrected chi connectivity index (χ1v) is 7.09. The summed E-state index contributed by atoms with van der Waals surface area (Å²) in [5.74, 6) is -0.816. The fourth-order valence-corrected chi connectivity index (χ4v) is 2.28. The smallest absolute Gasteiger partial charge is 0.426 e. The lowest BCUT2D eigenvalue weighted by atomic mass is 9.82. The summed E-state index contributed by atoms with van der Waals surface area (Å²) in [6.45, 7) is 5.22. The Kier molecular flexibility index (Phi) is 5.99. The molecule has 0 aliphatic heterocycles. The minimum absolute atomic E-state index is 0.127. The maximum Gasteiger partial charge on any atom is 0.426 e. The second-order valence-electron chi connectivity index (χ2n) is 6.19.